The van der Waals surface area contributed by atoms with Gasteiger partial charge in [-0.3, -0.25) is 0 Å². The van der Waals surface area contributed by atoms with Crippen molar-refractivity contribution in [2.45, 2.75) is 24.4 Å². The van der Waals surface area contributed by atoms with Crippen molar-refractivity contribution in [3.63, 3.8) is 0 Å². The molecule has 0 aliphatic carbocycles. The van der Waals surface area contributed by atoms with Crippen molar-refractivity contribution >= 4 is 5.97 Å². The summed E-state index contributed by atoms with van der Waals surface area (Å²) in [7, 11) is 0. The van der Waals surface area contributed by atoms with Crippen molar-refractivity contribution in [2.75, 3.05) is 19.8 Å². The van der Waals surface area contributed by atoms with E-state index in [1.54, 1.807) is 0 Å². The number of fused-ring (bicyclic) bond motifs is 1. The van der Waals surface area contributed by atoms with Crippen molar-refractivity contribution in [3.8, 4) is 0 Å². The molecule has 0 radical (unpaired) electrons. The average molecular weight is 249 g/mol. The Balaban J connectivity index is 1.92. The van der Waals surface area contributed by atoms with Gasteiger partial charge >= 0.3 is 5.97 Å². The van der Waals surface area contributed by atoms with Gasteiger partial charge in [-0.05, 0) is 0 Å². The lowest BCUT2D eigenvalue weighted by Crippen LogP contribution is -2.36. The third-order valence-electron chi connectivity index (χ3n) is 2.60. The minimum atomic E-state index is -0.910. The maximum absolute atomic E-state index is 10.9. The predicted octanol–water partition coefficient (Wildman–Crippen LogP) is -1.73. The molecule has 2 heterocycles. The van der Waals surface area contributed by atoms with Gasteiger partial charge in [0, 0.05) is 0 Å². The number of carbonyl (C=O) groups excluding carboxylic acids is 1. The van der Waals surface area contributed by atoms with Crippen LogP contribution in [-0.4, -0.2) is 60.4 Å². The van der Waals surface area contributed by atoms with Crippen molar-refractivity contribution < 1.29 is 34.0 Å². The molecule has 0 saturated carbocycles. The molecule has 96 valence electrons. The van der Waals surface area contributed by atoms with Crippen LogP contribution in [0.5, 0.6) is 0 Å². The Bertz CT molecular complexity index is 321. The molecule has 0 bridgehead atoms. The van der Waals surface area contributed by atoms with Crippen LogP contribution < -0.4 is 0 Å². The van der Waals surface area contributed by atoms with Gasteiger partial charge in [0.25, 0.3) is 5.09 Å². The highest BCUT2D eigenvalue weighted by Gasteiger charge is 2.51. The molecule has 17 heavy (non-hydrogen) atoms. The Labute approximate surface area is 95.3 Å². The van der Waals surface area contributed by atoms with Crippen LogP contribution in [0.15, 0.2) is 0 Å². The van der Waals surface area contributed by atoms with E-state index in [-0.39, 0.29) is 13.2 Å². The maximum atomic E-state index is 10.9. The van der Waals surface area contributed by atoms with E-state index in [2.05, 4.69) is 4.84 Å². The van der Waals surface area contributed by atoms with Gasteiger partial charge in [-0.1, -0.05) is 0 Å². The van der Waals surface area contributed by atoms with Crippen LogP contribution >= 0.6 is 0 Å². The zero-order chi connectivity index (χ0) is 12.4. The van der Waals surface area contributed by atoms with E-state index in [9.17, 15) is 14.9 Å². The Kier molecular flexibility index (Phi) is 3.41. The number of ether oxygens (including phenoxy) is 3. The Morgan fingerprint density at radius 2 is 1.94 bits per heavy atom. The molecule has 0 aromatic carbocycles. The fourth-order valence-electron chi connectivity index (χ4n) is 1.94. The lowest BCUT2D eigenvalue weighted by Gasteiger charge is -2.15. The SMILES string of the molecule is O=C(CO)O[C@H]1CO[C@@H]2C(O[N+](=O)[O-])CO[C@H]12. The molecule has 2 fully saturated rings. The summed E-state index contributed by atoms with van der Waals surface area (Å²) in [5.74, 6) is -0.790. The van der Waals surface area contributed by atoms with Crippen molar-refractivity contribution in [3.05, 3.63) is 10.1 Å². The smallest absolute Gasteiger partial charge is 0.332 e. The third kappa shape index (κ3) is 2.46. The first-order chi connectivity index (χ1) is 8.11. The van der Waals surface area contributed by atoms with Crippen LogP contribution in [0.1, 0.15) is 0 Å². The minimum absolute atomic E-state index is 0.00346. The van der Waals surface area contributed by atoms with E-state index in [4.69, 9.17) is 19.3 Å². The summed E-state index contributed by atoms with van der Waals surface area (Å²) in [6.07, 6.45) is -2.69. The Morgan fingerprint density at radius 3 is 2.53 bits per heavy atom. The van der Waals surface area contributed by atoms with Gasteiger partial charge < -0.3 is 24.2 Å². The summed E-state index contributed by atoms with van der Waals surface area (Å²) in [5, 5.41) is 17.8. The molecule has 2 aliphatic heterocycles. The minimum Gasteiger partial charge on any atom is -0.455 e. The molecule has 9 heteroatoms. The summed E-state index contributed by atoms with van der Waals surface area (Å²) in [6, 6.07) is 0. The first-order valence-corrected chi connectivity index (χ1v) is 4.96. The topological polar surface area (TPSA) is 117 Å². The highest BCUT2D eigenvalue weighted by atomic mass is 17.0. The number of hydrogen-bond donors (Lipinski definition) is 1. The van der Waals surface area contributed by atoms with Gasteiger partial charge in [0.05, 0.1) is 13.2 Å². The van der Waals surface area contributed by atoms with Gasteiger partial charge in [-0.15, -0.1) is 10.1 Å². The number of aliphatic hydroxyl groups excluding tert-OH is 1. The lowest BCUT2D eigenvalue weighted by molar-refractivity contribution is -0.769. The van der Waals surface area contributed by atoms with Crippen molar-refractivity contribution in [2.24, 2.45) is 0 Å². The van der Waals surface area contributed by atoms with E-state index < -0.39 is 42.1 Å². The molecule has 1 unspecified atom stereocenters. The Hall–Kier alpha value is -1.45. The molecular formula is C8H11NO8. The lowest BCUT2D eigenvalue weighted by atomic mass is 10.1. The molecule has 2 rings (SSSR count). The van der Waals surface area contributed by atoms with E-state index in [0.717, 1.165) is 0 Å². The Morgan fingerprint density at radius 1 is 1.35 bits per heavy atom. The number of carbonyl (C=O) groups is 1. The molecular weight excluding hydrogens is 238 g/mol. The quantitative estimate of drug-likeness (QED) is 0.354. The molecule has 9 nitrogen and oxygen atoms in total. The normalized spacial score (nSPS) is 35.4. The molecule has 0 spiro atoms. The van der Waals surface area contributed by atoms with E-state index >= 15 is 0 Å². The zero-order valence-electron chi connectivity index (χ0n) is 8.68. The summed E-state index contributed by atoms with van der Waals surface area (Å²) in [6.45, 7) is -0.662. The van der Waals surface area contributed by atoms with Crippen molar-refractivity contribution in [1.82, 2.24) is 0 Å². The van der Waals surface area contributed by atoms with Gasteiger partial charge in [0.1, 0.15) is 18.8 Å². The number of esters is 1. The van der Waals surface area contributed by atoms with Crippen LogP contribution in [-0.2, 0) is 23.8 Å². The largest absolute Gasteiger partial charge is 0.455 e. The van der Waals surface area contributed by atoms with E-state index in [1.807, 2.05) is 0 Å². The number of rotatable bonds is 4. The number of hydrogen-bond acceptors (Lipinski definition) is 8. The van der Waals surface area contributed by atoms with Gasteiger partial charge in [-0.25, -0.2) is 4.79 Å². The standard InChI is InChI=1S/C8H11NO8/c10-1-6(11)16-4-2-14-8-5(17-9(12)13)3-15-7(4)8/h4-5,7-8,10H,1-3H2/t4-,5?,7+,8+/m0/s1. The summed E-state index contributed by atoms with van der Waals surface area (Å²) in [5.41, 5.74) is 0. The van der Waals surface area contributed by atoms with E-state index in [1.165, 1.54) is 0 Å². The molecule has 0 aromatic rings. The highest BCUT2D eigenvalue weighted by molar-refractivity contribution is 5.70. The summed E-state index contributed by atoms with van der Waals surface area (Å²) in [4.78, 5) is 25.5. The molecule has 0 aromatic heterocycles. The number of aliphatic hydroxyl groups is 1. The van der Waals surface area contributed by atoms with Gasteiger partial charge in [0.2, 0.25) is 0 Å². The van der Waals surface area contributed by atoms with Crippen LogP contribution in [0, 0.1) is 10.1 Å². The van der Waals surface area contributed by atoms with Gasteiger partial charge in [0.15, 0.2) is 12.2 Å². The second-order valence-corrected chi connectivity index (χ2v) is 3.65. The van der Waals surface area contributed by atoms with E-state index in [0.29, 0.717) is 0 Å². The second-order valence-electron chi connectivity index (χ2n) is 3.65. The third-order valence-corrected chi connectivity index (χ3v) is 2.60. The fourth-order valence-corrected chi connectivity index (χ4v) is 1.94. The molecule has 2 aliphatic rings. The molecule has 4 atom stereocenters. The van der Waals surface area contributed by atoms with Crippen LogP contribution in [0.4, 0.5) is 0 Å². The fraction of sp³-hybridized carbons (Fsp3) is 0.875. The average Bonchev–Trinajstić information content (AvgIpc) is 2.83. The monoisotopic (exact) mass is 249 g/mol. The van der Waals surface area contributed by atoms with Crippen LogP contribution in [0.3, 0.4) is 0 Å². The number of nitrogens with zero attached hydrogens (tertiary/aromatic N) is 1. The van der Waals surface area contributed by atoms with Crippen LogP contribution in [0.25, 0.3) is 0 Å². The molecule has 0 amide bonds. The highest BCUT2D eigenvalue weighted by Crippen LogP contribution is 2.30. The maximum Gasteiger partial charge on any atom is 0.332 e. The summed E-state index contributed by atoms with van der Waals surface area (Å²) < 4.78 is 15.3. The first-order valence-electron chi connectivity index (χ1n) is 4.96. The zero-order valence-corrected chi connectivity index (χ0v) is 8.68. The predicted molar refractivity (Wildman–Crippen MR) is 48.3 cm³/mol. The van der Waals surface area contributed by atoms with Gasteiger partial charge in [-0.2, -0.15) is 0 Å². The second kappa shape index (κ2) is 4.82. The molecule has 2 saturated heterocycles. The van der Waals surface area contributed by atoms with Crippen LogP contribution in [0.2, 0.25) is 0 Å². The van der Waals surface area contributed by atoms with Crippen molar-refractivity contribution in [1.29, 1.82) is 0 Å². The first kappa shape index (κ1) is 12.0. The molecule has 1 N–H and O–H groups in total. The summed E-state index contributed by atoms with van der Waals surface area (Å²) >= 11 is 0.